The molecule has 34 heavy (non-hydrogen) atoms. The van der Waals surface area contributed by atoms with Gasteiger partial charge in [-0.2, -0.15) is 0 Å². The maximum atomic E-state index is 13.6. The fourth-order valence-corrected chi connectivity index (χ4v) is 4.50. The molecule has 188 valence electrons. The van der Waals surface area contributed by atoms with Crippen molar-refractivity contribution >= 4 is 28.7 Å². The van der Waals surface area contributed by atoms with Crippen molar-refractivity contribution in [2.45, 2.75) is 65.0 Å². The van der Waals surface area contributed by atoms with Crippen molar-refractivity contribution in [2.75, 3.05) is 20.6 Å². The normalized spacial score (nSPS) is 14.0. The van der Waals surface area contributed by atoms with Gasteiger partial charge in [0.25, 0.3) is 0 Å². The van der Waals surface area contributed by atoms with Crippen LogP contribution in [0.2, 0.25) is 0 Å². The molecule has 0 saturated heterocycles. The number of rotatable bonds is 10. The molecular weight excluding hydrogens is 432 g/mol. The molecule has 0 aliphatic heterocycles. The van der Waals surface area contributed by atoms with Gasteiger partial charge in [-0.1, -0.05) is 52.8 Å². The van der Waals surface area contributed by atoms with Crippen molar-refractivity contribution in [3.05, 3.63) is 36.0 Å². The SMILES string of the molecule is CNC(C(=O)NC(C(=O)N(C)CCCC(=O)O)C(C)(C)C)C(C)(C)c1cn(C)c2ccccc12. The Labute approximate surface area is 202 Å². The van der Waals surface area contributed by atoms with Crippen LogP contribution in [0.4, 0.5) is 0 Å². The van der Waals surface area contributed by atoms with Gasteiger partial charge in [0.2, 0.25) is 11.8 Å². The minimum atomic E-state index is -0.894. The number of nitrogens with zero attached hydrogens (tertiary/aromatic N) is 2. The second kappa shape index (κ2) is 10.6. The molecule has 0 radical (unpaired) electrons. The Balaban J connectivity index is 2.30. The summed E-state index contributed by atoms with van der Waals surface area (Å²) in [6.45, 7) is 10.1. The molecule has 3 N–H and O–H groups in total. The van der Waals surface area contributed by atoms with Crippen LogP contribution in [0.5, 0.6) is 0 Å². The van der Waals surface area contributed by atoms with E-state index in [0.29, 0.717) is 13.0 Å². The quantitative estimate of drug-likeness (QED) is 0.493. The van der Waals surface area contributed by atoms with Gasteiger partial charge in [0.05, 0.1) is 6.04 Å². The van der Waals surface area contributed by atoms with E-state index in [9.17, 15) is 14.4 Å². The van der Waals surface area contributed by atoms with E-state index in [1.165, 1.54) is 4.90 Å². The number of aryl methyl sites for hydroxylation is 1. The number of aliphatic carboxylic acids is 1. The van der Waals surface area contributed by atoms with Crippen LogP contribution in [0.25, 0.3) is 10.9 Å². The molecule has 2 unspecified atom stereocenters. The van der Waals surface area contributed by atoms with E-state index >= 15 is 0 Å². The van der Waals surface area contributed by atoms with Crippen molar-refractivity contribution < 1.29 is 19.5 Å². The van der Waals surface area contributed by atoms with Crippen molar-refractivity contribution in [3.8, 4) is 0 Å². The number of carboxylic acid groups (broad SMARTS) is 1. The highest BCUT2D eigenvalue weighted by molar-refractivity contribution is 5.92. The van der Waals surface area contributed by atoms with Crippen LogP contribution in [-0.2, 0) is 26.8 Å². The summed E-state index contributed by atoms with van der Waals surface area (Å²) in [4.78, 5) is 39.2. The number of carboxylic acids is 1. The third-order valence-corrected chi connectivity index (χ3v) is 6.52. The molecule has 2 rings (SSSR count). The summed E-state index contributed by atoms with van der Waals surface area (Å²) in [5.74, 6) is -1.38. The summed E-state index contributed by atoms with van der Waals surface area (Å²) in [7, 11) is 5.39. The average molecular weight is 473 g/mol. The smallest absolute Gasteiger partial charge is 0.303 e. The van der Waals surface area contributed by atoms with E-state index in [1.54, 1.807) is 14.1 Å². The van der Waals surface area contributed by atoms with Crippen molar-refractivity contribution in [3.63, 3.8) is 0 Å². The highest BCUT2D eigenvalue weighted by Gasteiger charge is 2.41. The molecule has 2 aromatic rings. The minimum Gasteiger partial charge on any atom is -0.481 e. The second-order valence-corrected chi connectivity index (χ2v) is 10.7. The third-order valence-electron chi connectivity index (χ3n) is 6.52. The number of carbonyl (C=O) groups excluding carboxylic acids is 2. The van der Waals surface area contributed by atoms with Crippen LogP contribution in [0, 0.1) is 5.41 Å². The fraction of sp³-hybridized carbons (Fsp3) is 0.577. The Bertz CT molecular complexity index is 1040. The largest absolute Gasteiger partial charge is 0.481 e. The number of benzene rings is 1. The Hall–Kier alpha value is -2.87. The van der Waals surface area contributed by atoms with Gasteiger partial charge in [-0.05, 0) is 30.5 Å². The van der Waals surface area contributed by atoms with Crippen molar-refractivity contribution in [1.82, 2.24) is 20.1 Å². The first-order valence-electron chi connectivity index (χ1n) is 11.7. The molecular formula is C26H40N4O4. The van der Waals surface area contributed by atoms with Gasteiger partial charge < -0.3 is 25.2 Å². The van der Waals surface area contributed by atoms with Gasteiger partial charge in [0.1, 0.15) is 6.04 Å². The van der Waals surface area contributed by atoms with E-state index in [4.69, 9.17) is 5.11 Å². The lowest BCUT2D eigenvalue weighted by molar-refractivity contribution is -0.140. The lowest BCUT2D eigenvalue weighted by Gasteiger charge is -2.38. The Morgan fingerprint density at radius 3 is 2.26 bits per heavy atom. The van der Waals surface area contributed by atoms with Gasteiger partial charge in [0.15, 0.2) is 0 Å². The minimum absolute atomic E-state index is 0.00872. The number of likely N-dealkylation sites (N-methyl/N-ethyl adjacent to an activating group) is 2. The van der Waals surface area contributed by atoms with Crippen LogP contribution >= 0.6 is 0 Å². The first kappa shape index (κ1) is 27.4. The van der Waals surface area contributed by atoms with E-state index < -0.39 is 28.9 Å². The van der Waals surface area contributed by atoms with Crippen molar-refractivity contribution in [1.29, 1.82) is 0 Å². The highest BCUT2D eigenvalue weighted by atomic mass is 16.4. The number of hydrogen-bond acceptors (Lipinski definition) is 4. The summed E-state index contributed by atoms with van der Waals surface area (Å²) < 4.78 is 2.06. The number of nitrogens with one attached hydrogen (secondary N) is 2. The zero-order chi connectivity index (χ0) is 25.8. The molecule has 2 atom stereocenters. The molecule has 0 saturated carbocycles. The van der Waals surface area contributed by atoms with Gasteiger partial charge in [-0.15, -0.1) is 0 Å². The Kier molecular flexibility index (Phi) is 8.53. The summed E-state index contributed by atoms with van der Waals surface area (Å²) in [6.07, 6.45) is 2.41. The molecule has 1 heterocycles. The first-order chi connectivity index (χ1) is 15.7. The van der Waals surface area contributed by atoms with E-state index in [-0.39, 0.29) is 18.2 Å². The molecule has 0 aliphatic rings. The Morgan fingerprint density at radius 1 is 1.09 bits per heavy atom. The molecule has 1 aromatic carbocycles. The molecule has 8 heteroatoms. The molecule has 2 amide bonds. The predicted octanol–water partition coefficient (Wildman–Crippen LogP) is 2.90. The van der Waals surface area contributed by atoms with Gasteiger partial charge >= 0.3 is 5.97 Å². The molecule has 1 aromatic heterocycles. The van der Waals surface area contributed by atoms with E-state index in [2.05, 4.69) is 33.5 Å². The number of aromatic nitrogens is 1. The van der Waals surface area contributed by atoms with Gasteiger partial charge in [-0.3, -0.25) is 14.4 Å². The number of amides is 2. The summed E-state index contributed by atoms with van der Waals surface area (Å²) >= 11 is 0. The van der Waals surface area contributed by atoms with Gasteiger partial charge in [-0.25, -0.2) is 0 Å². The molecule has 0 fully saturated rings. The van der Waals surface area contributed by atoms with Crippen LogP contribution in [0.1, 0.15) is 53.0 Å². The Morgan fingerprint density at radius 2 is 1.71 bits per heavy atom. The lowest BCUT2D eigenvalue weighted by Crippen LogP contribution is -2.60. The second-order valence-electron chi connectivity index (χ2n) is 10.7. The zero-order valence-corrected chi connectivity index (χ0v) is 21.7. The molecule has 8 nitrogen and oxygen atoms in total. The maximum absolute atomic E-state index is 13.6. The van der Waals surface area contributed by atoms with Crippen LogP contribution < -0.4 is 10.6 Å². The van der Waals surface area contributed by atoms with E-state index in [1.807, 2.05) is 53.8 Å². The standard InChI is InChI=1S/C26H40N4O4/c1-25(2,3)22(24(34)29(7)15-11-14-20(31)32)28-23(33)21(27-6)26(4,5)18-16-30(8)19-13-10-9-12-17(18)19/h9-10,12-13,16,21-22,27H,11,14-15H2,1-8H3,(H,28,33)(H,31,32). The highest BCUT2D eigenvalue weighted by Crippen LogP contribution is 2.34. The predicted molar refractivity (Wildman–Crippen MR) is 135 cm³/mol. The van der Waals surface area contributed by atoms with Crippen molar-refractivity contribution in [2.24, 2.45) is 12.5 Å². The molecule has 0 aliphatic carbocycles. The van der Waals surface area contributed by atoms with Crippen LogP contribution in [-0.4, -0.2) is 65.1 Å². The monoisotopic (exact) mass is 472 g/mol. The van der Waals surface area contributed by atoms with E-state index in [0.717, 1.165) is 16.5 Å². The number of fused-ring (bicyclic) bond motifs is 1. The first-order valence-corrected chi connectivity index (χ1v) is 11.7. The average Bonchev–Trinajstić information content (AvgIpc) is 3.08. The van der Waals surface area contributed by atoms with Gasteiger partial charge in [0, 0.05) is 49.6 Å². The summed E-state index contributed by atoms with van der Waals surface area (Å²) in [6, 6.07) is 6.75. The molecule has 0 bridgehead atoms. The maximum Gasteiger partial charge on any atom is 0.303 e. The number of hydrogen-bond donors (Lipinski definition) is 3. The topological polar surface area (TPSA) is 104 Å². The lowest BCUT2D eigenvalue weighted by atomic mass is 9.76. The number of para-hydroxylation sites is 1. The zero-order valence-electron chi connectivity index (χ0n) is 21.7. The molecule has 0 spiro atoms. The number of carbonyl (C=O) groups is 3. The third kappa shape index (κ3) is 5.97. The summed E-state index contributed by atoms with van der Waals surface area (Å²) in [5.41, 5.74) is 1.03. The van der Waals surface area contributed by atoms with Crippen LogP contribution in [0.3, 0.4) is 0 Å². The summed E-state index contributed by atoms with van der Waals surface area (Å²) in [5, 5.41) is 16.1. The fourth-order valence-electron chi connectivity index (χ4n) is 4.50. The van der Waals surface area contributed by atoms with Crippen LogP contribution in [0.15, 0.2) is 30.5 Å².